The highest BCUT2D eigenvalue weighted by molar-refractivity contribution is 9.10. The van der Waals surface area contributed by atoms with Gasteiger partial charge in [-0.15, -0.1) is 12.3 Å². The number of nitrogens with two attached hydrogens (primary N) is 1. The van der Waals surface area contributed by atoms with Gasteiger partial charge in [-0.2, -0.15) is 0 Å². The van der Waals surface area contributed by atoms with Gasteiger partial charge in [-0.3, -0.25) is 0 Å². The van der Waals surface area contributed by atoms with Gasteiger partial charge in [0.25, 0.3) is 0 Å². The first-order valence-electron chi connectivity index (χ1n) is 4.39. The Morgan fingerprint density at radius 1 is 1.71 bits per heavy atom. The molecule has 1 aromatic rings. The monoisotopic (exact) mass is 256 g/mol. The third kappa shape index (κ3) is 2.88. The van der Waals surface area contributed by atoms with Crippen LogP contribution in [0.1, 0.15) is 18.2 Å². The zero-order valence-electron chi connectivity index (χ0n) is 7.79. The fraction of sp³-hybridized carbons (Fsp3) is 0.400. The summed E-state index contributed by atoms with van der Waals surface area (Å²) in [6, 6.07) is 1.87. The predicted octanol–water partition coefficient (Wildman–Crippen LogP) is 1.65. The summed E-state index contributed by atoms with van der Waals surface area (Å²) in [5.74, 6) is 3.39. The Hall–Kier alpha value is -0.760. The number of hydrogen-bond donors (Lipinski definition) is 2. The van der Waals surface area contributed by atoms with Crippen LogP contribution in [-0.4, -0.2) is 13.1 Å². The minimum absolute atomic E-state index is 0.0210. The Balaban J connectivity index is 2.55. The van der Waals surface area contributed by atoms with Gasteiger partial charge in [-0.05, 0) is 22.0 Å². The lowest BCUT2D eigenvalue weighted by Crippen LogP contribution is -2.28. The molecule has 1 heterocycles. The van der Waals surface area contributed by atoms with Crippen LogP contribution in [-0.2, 0) is 0 Å². The zero-order chi connectivity index (χ0) is 10.4. The van der Waals surface area contributed by atoms with Crippen LogP contribution in [0.25, 0.3) is 0 Å². The highest BCUT2D eigenvalue weighted by atomic mass is 79.9. The summed E-state index contributed by atoms with van der Waals surface area (Å²) < 4.78 is 6.24. The number of halogens is 1. The minimum Gasteiger partial charge on any atom is -0.466 e. The Morgan fingerprint density at radius 3 is 3.00 bits per heavy atom. The second kappa shape index (κ2) is 5.86. The summed E-state index contributed by atoms with van der Waals surface area (Å²) in [5.41, 5.74) is 5.62. The highest BCUT2D eigenvalue weighted by Crippen LogP contribution is 2.23. The molecule has 0 saturated heterocycles. The molecule has 1 rings (SSSR count). The molecule has 0 bridgehead atoms. The van der Waals surface area contributed by atoms with E-state index in [0.717, 1.165) is 16.8 Å². The Labute approximate surface area is 92.2 Å². The standard InChI is InChI=1S/C10H13BrN2O/c1-2-3-5-13-9(7-12)10-8(11)4-6-14-10/h1,4,6,9,13H,3,5,7,12H2. The van der Waals surface area contributed by atoms with E-state index in [4.69, 9.17) is 16.6 Å². The van der Waals surface area contributed by atoms with Crippen LogP contribution in [0.15, 0.2) is 21.2 Å². The van der Waals surface area contributed by atoms with Crippen molar-refractivity contribution in [3.05, 3.63) is 22.6 Å². The van der Waals surface area contributed by atoms with Gasteiger partial charge in [0.15, 0.2) is 0 Å². The fourth-order valence-corrected chi connectivity index (χ4v) is 1.63. The van der Waals surface area contributed by atoms with E-state index in [0.29, 0.717) is 13.0 Å². The van der Waals surface area contributed by atoms with E-state index in [-0.39, 0.29) is 6.04 Å². The molecule has 3 nitrogen and oxygen atoms in total. The normalized spacial score (nSPS) is 12.4. The Kier molecular flexibility index (Phi) is 4.74. The number of terminal acetylenes is 1. The maximum absolute atomic E-state index is 5.62. The first-order chi connectivity index (χ1) is 6.79. The molecule has 0 aromatic carbocycles. The van der Waals surface area contributed by atoms with E-state index in [1.54, 1.807) is 6.26 Å². The van der Waals surface area contributed by atoms with Crippen molar-refractivity contribution in [1.29, 1.82) is 0 Å². The number of rotatable bonds is 5. The van der Waals surface area contributed by atoms with Crippen molar-refractivity contribution in [1.82, 2.24) is 5.32 Å². The van der Waals surface area contributed by atoms with Crippen molar-refractivity contribution >= 4 is 15.9 Å². The van der Waals surface area contributed by atoms with E-state index in [9.17, 15) is 0 Å². The molecule has 0 saturated carbocycles. The third-order valence-corrected chi connectivity index (χ3v) is 2.51. The lowest BCUT2D eigenvalue weighted by atomic mass is 10.2. The Bertz CT molecular complexity index is 316. The van der Waals surface area contributed by atoms with Gasteiger partial charge in [0.2, 0.25) is 0 Å². The summed E-state index contributed by atoms with van der Waals surface area (Å²) in [5, 5.41) is 3.22. The lowest BCUT2D eigenvalue weighted by Gasteiger charge is -2.13. The summed E-state index contributed by atoms with van der Waals surface area (Å²) in [6.07, 6.45) is 7.47. The topological polar surface area (TPSA) is 51.2 Å². The molecule has 3 N–H and O–H groups in total. The molecule has 0 aliphatic rings. The summed E-state index contributed by atoms with van der Waals surface area (Å²) in [7, 11) is 0. The fourth-order valence-electron chi connectivity index (χ4n) is 1.16. The van der Waals surface area contributed by atoms with Gasteiger partial charge in [0.1, 0.15) is 5.76 Å². The number of nitrogens with one attached hydrogen (secondary N) is 1. The second-order valence-electron chi connectivity index (χ2n) is 2.83. The summed E-state index contributed by atoms with van der Waals surface area (Å²) in [6.45, 7) is 1.22. The molecule has 4 heteroatoms. The molecule has 1 unspecified atom stereocenters. The molecule has 0 aliphatic heterocycles. The molecule has 1 atom stereocenters. The lowest BCUT2D eigenvalue weighted by molar-refractivity contribution is 0.418. The van der Waals surface area contributed by atoms with Gasteiger partial charge in [0.05, 0.1) is 16.8 Å². The van der Waals surface area contributed by atoms with Crippen LogP contribution < -0.4 is 11.1 Å². The van der Waals surface area contributed by atoms with Gasteiger partial charge >= 0.3 is 0 Å². The maximum Gasteiger partial charge on any atom is 0.136 e. The predicted molar refractivity (Wildman–Crippen MR) is 59.7 cm³/mol. The Morgan fingerprint density at radius 2 is 2.50 bits per heavy atom. The number of hydrogen-bond acceptors (Lipinski definition) is 3. The van der Waals surface area contributed by atoms with E-state index in [2.05, 4.69) is 27.2 Å². The maximum atomic E-state index is 5.62. The molecular weight excluding hydrogens is 244 g/mol. The van der Waals surface area contributed by atoms with Crippen LogP contribution in [0.5, 0.6) is 0 Å². The largest absolute Gasteiger partial charge is 0.466 e. The van der Waals surface area contributed by atoms with Crippen molar-refractivity contribution < 1.29 is 4.42 Å². The van der Waals surface area contributed by atoms with E-state index >= 15 is 0 Å². The molecule has 0 spiro atoms. The van der Waals surface area contributed by atoms with Gasteiger partial charge < -0.3 is 15.5 Å². The first kappa shape index (κ1) is 11.3. The van der Waals surface area contributed by atoms with E-state index < -0.39 is 0 Å². The first-order valence-corrected chi connectivity index (χ1v) is 5.18. The summed E-state index contributed by atoms with van der Waals surface area (Å²) >= 11 is 3.39. The van der Waals surface area contributed by atoms with Gasteiger partial charge in [-0.1, -0.05) is 0 Å². The van der Waals surface area contributed by atoms with Gasteiger partial charge in [-0.25, -0.2) is 0 Å². The van der Waals surface area contributed by atoms with E-state index in [1.807, 2.05) is 6.07 Å². The molecule has 0 amide bonds. The van der Waals surface area contributed by atoms with Crippen molar-refractivity contribution in [2.75, 3.05) is 13.1 Å². The molecular formula is C10H13BrN2O. The zero-order valence-corrected chi connectivity index (χ0v) is 9.38. The average Bonchev–Trinajstić information content (AvgIpc) is 2.60. The summed E-state index contributed by atoms with van der Waals surface area (Å²) in [4.78, 5) is 0. The quantitative estimate of drug-likeness (QED) is 0.623. The van der Waals surface area contributed by atoms with Gasteiger partial charge in [0, 0.05) is 19.5 Å². The van der Waals surface area contributed by atoms with E-state index in [1.165, 1.54) is 0 Å². The van der Waals surface area contributed by atoms with Crippen LogP contribution in [0.3, 0.4) is 0 Å². The van der Waals surface area contributed by atoms with Crippen molar-refractivity contribution in [2.24, 2.45) is 5.73 Å². The van der Waals surface area contributed by atoms with Crippen LogP contribution >= 0.6 is 15.9 Å². The molecule has 0 fully saturated rings. The van der Waals surface area contributed by atoms with Crippen molar-refractivity contribution in [3.63, 3.8) is 0 Å². The van der Waals surface area contributed by atoms with Crippen LogP contribution in [0.4, 0.5) is 0 Å². The number of furan rings is 1. The van der Waals surface area contributed by atoms with Crippen LogP contribution in [0.2, 0.25) is 0 Å². The van der Waals surface area contributed by atoms with Crippen LogP contribution in [0, 0.1) is 12.3 Å². The van der Waals surface area contributed by atoms with Crippen molar-refractivity contribution in [2.45, 2.75) is 12.5 Å². The highest BCUT2D eigenvalue weighted by Gasteiger charge is 2.14. The second-order valence-corrected chi connectivity index (χ2v) is 3.68. The molecule has 1 aromatic heterocycles. The molecule has 76 valence electrons. The smallest absolute Gasteiger partial charge is 0.136 e. The van der Waals surface area contributed by atoms with Crippen molar-refractivity contribution in [3.8, 4) is 12.3 Å². The molecule has 0 aliphatic carbocycles. The third-order valence-electron chi connectivity index (χ3n) is 1.86. The minimum atomic E-state index is 0.0210. The molecule has 0 radical (unpaired) electrons. The SMILES string of the molecule is C#CCCNC(CN)c1occc1Br. The molecule has 14 heavy (non-hydrogen) atoms. The average molecular weight is 257 g/mol.